The van der Waals surface area contributed by atoms with Gasteiger partial charge in [-0.3, -0.25) is 28.8 Å². The summed E-state index contributed by atoms with van der Waals surface area (Å²) >= 11 is 3.17. The number of rotatable bonds is 18. The molecule has 26 nitrogen and oxygen atoms in total. The van der Waals surface area contributed by atoms with Gasteiger partial charge in [0.1, 0.15) is 16.3 Å². The maximum absolute atomic E-state index is 12.6. The summed E-state index contributed by atoms with van der Waals surface area (Å²) < 4.78 is 10.5. The molecule has 4 aromatic rings. The van der Waals surface area contributed by atoms with Crippen LogP contribution in [0.15, 0.2) is 80.7 Å². The van der Waals surface area contributed by atoms with Crippen LogP contribution in [0.1, 0.15) is 179 Å². The van der Waals surface area contributed by atoms with E-state index in [4.69, 9.17) is 8.83 Å². The van der Waals surface area contributed by atoms with Gasteiger partial charge >= 0.3 is 0 Å². The van der Waals surface area contributed by atoms with Gasteiger partial charge in [0, 0.05) is 81.2 Å². The van der Waals surface area contributed by atoms with Crippen LogP contribution in [0.25, 0.3) is 0 Å². The highest BCUT2D eigenvalue weighted by Crippen LogP contribution is 2.35. The van der Waals surface area contributed by atoms with Crippen LogP contribution in [0.5, 0.6) is 0 Å². The van der Waals surface area contributed by atoms with Crippen molar-refractivity contribution in [1.82, 2.24) is 91.7 Å². The van der Waals surface area contributed by atoms with Crippen molar-refractivity contribution < 1.29 is 37.6 Å². The second-order valence-corrected chi connectivity index (χ2v) is 34.1. The fourth-order valence-corrected chi connectivity index (χ4v) is 17.3. The predicted molar refractivity (Wildman–Crippen MR) is 427 cm³/mol. The number of hydrogen-bond donors (Lipinski definition) is 6. The number of carbonyl (C=O) groups is 6. The number of nitrogens with one attached hydrogen (secondary N) is 6. The van der Waals surface area contributed by atoms with E-state index in [-0.39, 0.29) is 82.5 Å². The largest absolute Gasteiger partial charge is 0.444 e. The molecule has 6 saturated heterocycles. The fourth-order valence-electron chi connectivity index (χ4n) is 15.9. The molecule has 6 N–H and O–H groups in total. The lowest BCUT2D eigenvalue weighted by atomic mass is 9.87. The van der Waals surface area contributed by atoms with Crippen molar-refractivity contribution in [3.8, 4) is 0 Å². The highest BCUT2D eigenvalue weighted by molar-refractivity contribution is 7.11. The molecule has 0 saturated carbocycles. The Balaban J connectivity index is 0.000000181. The smallest absolute Gasteiger partial charge is 0.240 e. The summed E-state index contributed by atoms with van der Waals surface area (Å²) in [5.74, 6) is 5.50. The summed E-state index contributed by atoms with van der Waals surface area (Å²) in [5.41, 5.74) is 4.54. The summed E-state index contributed by atoms with van der Waals surface area (Å²) in [5, 5.41) is 36.1. The molecule has 10 heterocycles. The third-order valence-electron chi connectivity index (χ3n) is 22.4. The molecule has 28 heteroatoms. The number of nitrogens with zero attached hydrogens (tertiary/aromatic N) is 12. The minimum Gasteiger partial charge on any atom is -0.444 e. The van der Waals surface area contributed by atoms with E-state index >= 15 is 0 Å². The third-order valence-corrected chi connectivity index (χ3v) is 24.0. The van der Waals surface area contributed by atoms with Crippen LogP contribution in [0.2, 0.25) is 0 Å². The van der Waals surface area contributed by atoms with Crippen molar-refractivity contribution in [2.24, 2.45) is 46.3 Å². The molecule has 2 aliphatic carbocycles. The van der Waals surface area contributed by atoms with Crippen LogP contribution in [-0.4, -0.2) is 226 Å². The number of amides is 6. The molecule has 6 fully saturated rings. The zero-order valence-corrected chi connectivity index (χ0v) is 69.8. The monoisotopic (exact) mass is 1530 g/mol. The van der Waals surface area contributed by atoms with E-state index in [9.17, 15) is 28.8 Å². The standard InChI is InChI=1S/2C16H26N2O.C13H21N3O2.C13H21N3OS.C11H18N4O2.C11H18N4OS/c1-12-7-6-10-18(15(19)14(12)17-4)11-13-8-5-9-16(13,2)3;1-12-6-5-9-18(15(19)14(12)17-4)11-13-7-8-16(2,3)10-13;2*1-9-5-4-6-16(13(17)12(9)14-3)8-11-7-15-10(2)18-11;2*1-8-4-3-5-15(11(16)10(8)12-2)6-9-14-13-7-17-9/h5,8-9,12,14,17H,6-7,10-11H2,1-4H3;7-8,10,12,14,17H,5-6,9,11H2,1-4H3;2*7,9,12,14H,4-6,8H2,1-3H3;2*7-8,10,12H,3-6H2,1-2H3. The number of oxazole rings is 1. The van der Waals surface area contributed by atoms with E-state index in [0.717, 1.165) is 145 Å². The lowest BCUT2D eigenvalue weighted by Crippen LogP contribution is -2.47. The van der Waals surface area contributed by atoms with Gasteiger partial charge in [-0.25, -0.2) is 9.97 Å². The Labute approximate surface area is 651 Å². The van der Waals surface area contributed by atoms with Gasteiger partial charge in [0.2, 0.25) is 47.7 Å². The van der Waals surface area contributed by atoms with Gasteiger partial charge in [0.25, 0.3) is 0 Å². The van der Waals surface area contributed by atoms with Gasteiger partial charge in [-0.1, -0.05) is 106 Å². The Kier molecular flexibility index (Phi) is 35.2. The van der Waals surface area contributed by atoms with Crippen LogP contribution >= 0.6 is 22.7 Å². The Morgan fingerprint density at radius 1 is 0.481 bits per heavy atom. The molecule has 0 aromatic carbocycles. The number of hydrogen-bond acceptors (Lipinski definition) is 22. The Morgan fingerprint density at radius 2 is 0.889 bits per heavy atom. The summed E-state index contributed by atoms with van der Waals surface area (Å²) in [6, 6.07) is -0.356. The number of carbonyl (C=O) groups excluding carboxylic acids is 6. The third kappa shape index (κ3) is 25.6. The molecule has 8 aliphatic rings. The highest BCUT2D eigenvalue weighted by atomic mass is 32.1. The Bertz CT molecular complexity index is 3420. The molecule has 600 valence electrons. The highest BCUT2D eigenvalue weighted by Gasteiger charge is 2.38. The first-order valence-corrected chi connectivity index (χ1v) is 41.1. The lowest BCUT2D eigenvalue weighted by molar-refractivity contribution is -0.135. The second kappa shape index (κ2) is 43.0. The Morgan fingerprint density at radius 3 is 1.22 bits per heavy atom. The first kappa shape index (κ1) is 88.3. The van der Waals surface area contributed by atoms with Crippen molar-refractivity contribution in [2.45, 2.75) is 223 Å². The van der Waals surface area contributed by atoms with E-state index in [1.54, 1.807) is 27.9 Å². The number of thiazole rings is 1. The average molecular weight is 1540 g/mol. The van der Waals surface area contributed by atoms with E-state index < -0.39 is 0 Å². The van der Waals surface area contributed by atoms with E-state index in [2.05, 4.69) is 168 Å². The van der Waals surface area contributed by atoms with Crippen molar-refractivity contribution in [3.05, 3.63) is 104 Å². The van der Waals surface area contributed by atoms with Gasteiger partial charge < -0.3 is 70.1 Å². The van der Waals surface area contributed by atoms with Crippen LogP contribution < -0.4 is 31.9 Å². The molecule has 6 aliphatic heterocycles. The van der Waals surface area contributed by atoms with Gasteiger partial charge in [-0.15, -0.1) is 43.1 Å². The van der Waals surface area contributed by atoms with E-state index in [0.29, 0.717) is 73.5 Å². The molecule has 6 amide bonds. The minimum atomic E-state index is -0.111. The second-order valence-electron chi connectivity index (χ2n) is 31.9. The number of aromatic nitrogens is 6. The van der Waals surface area contributed by atoms with Crippen LogP contribution in [0.3, 0.4) is 0 Å². The summed E-state index contributed by atoms with van der Waals surface area (Å²) in [6.07, 6.45) is 31.0. The zero-order valence-electron chi connectivity index (χ0n) is 68.1. The molecular formula is C80H130N18O8S2. The number of allylic oxidation sites excluding steroid dienone is 5. The summed E-state index contributed by atoms with van der Waals surface area (Å²) in [4.78, 5) is 95.7. The SMILES string of the molecule is CNC1C(=O)N(CC2=CC(C)(C)C=C2)CCCC1C.CNC1C(=O)N(CC2=CC=CC2(C)C)CCCC1C.CNC1C(=O)N(Cc2cnc(C)o2)CCCC1C.CNC1C(=O)N(Cc2cnc(C)s2)CCCC1C.CNC1C(=O)N(Cc2nnco2)CCCC1C.CNC1C(=O)N(Cc2nncs2)CCCC1C. The predicted octanol–water partition coefficient (Wildman–Crippen LogP) is 9.14. The van der Waals surface area contributed by atoms with Gasteiger partial charge in [0.05, 0.1) is 73.6 Å². The normalized spacial score (nSPS) is 27.3. The van der Waals surface area contributed by atoms with Crippen molar-refractivity contribution >= 4 is 58.1 Å². The summed E-state index contributed by atoms with van der Waals surface area (Å²) in [7, 11) is 11.2. The molecule has 108 heavy (non-hydrogen) atoms. The zero-order chi connectivity index (χ0) is 78.8. The van der Waals surface area contributed by atoms with Gasteiger partial charge in [-0.2, -0.15) is 0 Å². The molecule has 4 aromatic heterocycles. The molecule has 12 atom stereocenters. The van der Waals surface area contributed by atoms with E-state index in [1.165, 1.54) is 33.8 Å². The first-order valence-electron chi connectivity index (χ1n) is 39.4. The quantitative estimate of drug-likeness (QED) is 0.0541. The maximum Gasteiger partial charge on any atom is 0.240 e. The first-order chi connectivity index (χ1) is 51.5. The molecule has 0 radical (unpaired) electrons. The van der Waals surface area contributed by atoms with Crippen molar-refractivity contribution in [1.29, 1.82) is 0 Å². The summed E-state index contributed by atoms with van der Waals surface area (Å²) in [6.45, 7) is 34.2. The topological polar surface area (TPSA) is 298 Å². The van der Waals surface area contributed by atoms with Crippen molar-refractivity contribution in [3.63, 3.8) is 0 Å². The van der Waals surface area contributed by atoms with Gasteiger partial charge in [-0.05, 0) is 173 Å². The van der Waals surface area contributed by atoms with E-state index in [1.807, 2.05) is 86.8 Å². The van der Waals surface area contributed by atoms with Gasteiger partial charge in [0.15, 0.2) is 5.89 Å². The number of likely N-dealkylation sites (tertiary alicyclic amines) is 6. The maximum atomic E-state index is 12.6. The van der Waals surface area contributed by atoms with Crippen LogP contribution in [0, 0.1) is 60.2 Å². The molecule has 0 spiro atoms. The molecule has 12 rings (SSSR count). The Hall–Kier alpha value is -6.92. The lowest BCUT2D eigenvalue weighted by Gasteiger charge is -2.30. The molecular weight excluding hydrogens is 1410 g/mol. The van der Waals surface area contributed by atoms with Crippen molar-refractivity contribution in [2.75, 3.05) is 94.6 Å². The number of aryl methyl sites for hydroxylation is 2. The minimum absolute atomic E-state index is 0.0264. The molecule has 12 unspecified atom stereocenters. The fraction of sp³-hybridized carbons (Fsp3) is 0.700. The van der Waals surface area contributed by atoms with Crippen LogP contribution in [0.4, 0.5) is 0 Å². The van der Waals surface area contributed by atoms with Crippen LogP contribution in [-0.2, 0) is 54.9 Å². The average Bonchev–Trinajstić information content (AvgIpc) is 1.66. The molecule has 0 bridgehead atoms. The number of likely N-dealkylation sites (N-methyl/N-ethyl adjacent to an activating group) is 6.